The zero-order valence-corrected chi connectivity index (χ0v) is 20.7. The van der Waals surface area contributed by atoms with Crippen LogP contribution in [0.25, 0.3) is 0 Å². The van der Waals surface area contributed by atoms with E-state index < -0.39 is 5.60 Å². The van der Waals surface area contributed by atoms with Gasteiger partial charge >= 0.3 is 5.97 Å². The molecule has 0 bridgehead atoms. The van der Waals surface area contributed by atoms with Gasteiger partial charge in [-0.2, -0.15) is 0 Å². The van der Waals surface area contributed by atoms with Crippen LogP contribution in [0.2, 0.25) is 0 Å². The largest absolute Gasteiger partial charge is 0.458 e. The molecule has 0 radical (unpaired) electrons. The molecule has 3 rings (SSSR count). The Balaban J connectivity index is 1.78. The summed E-state index contributed by atoms with van der Waals surface area (Å²) in [5, 5.41) is 13.1. The average Bonchev–Trinajstić information content (AvgIpc) is 2.75. The molecule has 1 saturated carbocycles. The lowest BCUT2D eigenvalue weighted by atomic mass is 9.57. The van der Waals surface area contributed by atoms with Crippen molar-refractivity contribution < 1.29 is 24.3 Å². The van der Waals surface area contributed by atoms with Gasteiger partial charge < -0.3 is 9.84 Å². The number of hydrogen-bond acceptors (Lipinski definition) is 6. The molecule has 1 heterocycles. The van der Waals surface area contributed by atoms with Crippen LogP contribution in [0.3, 0.4) is 0 Å². The molecule has 7 nitrogen and oxygen atoms in total. The lowest BCUT2D eigenvalue weighted by Crippen LogP contribution is -2.57. The Hall–Kier alpha value is -1.44. The highest BCUT2D eigenvalue weighted by Gasteiger charge is 2.53. The lowest BCUT2D eigenvalue weighted by Gasteiger charge is -2.53. The second kappa shape index (κ2) is 10.2. The SMILES string of the molecule is CON(C)C(=O)C1CCCCN1CC(C)[C@@H]1CC[C@@H](C)[C@]2(O)C[C@@H](OC(C)=O)C(C)=C[C@H]12. The fraction of sp³-hybridized carbons (Fsp3) is 0.840. The van der Waals surface area contributed by atoms with E-state index in [1.54, 1.807) is 7.05 Å². The molecule has 32 heavy (non-hydrogen) atoms. The van der Waals surface area contributed by atoms with E-state index in [0.29, 0.717) is 18.3 Å². The highest BCUT2D eigenvalue weighted by atomic mass is 16.7. The third-order valence-corrected chi connectivity index (χ3v) is 8.33. The number of fused-ring (bicyclic) bond motifs is 1. The molecule has 1 amide bonds. The zero-order valence-electron chi connectivity index (χ0n) is 20.7. The molecule has 0 aromatic rings. The molecule has 182 valence electrons. The van der Waals surface area contributed by atoms with E-state index in [9.17, 15) is 14.7 Å². The fourth-order valence-corrected chi connectivity index (χ4v) is 6.29. The molecule has 7 atom stereocenters. The number of hydrogen-bond donors (Lipinski definition) is 1. The molecule has 1 aliphatic heterocycles. The summed E-state index contributed by atoms with van der Waals surface area (Å²) in [6.45, 7) is 9.56. The van der Waals surface area contributed by atoms with Gasteiger partial charge in [0.15, 0.2) is 0 Å². The second-order valence-electron chi connectivity index (χ2n) is 10.4. The van der Waals surface area contributed by atoms with Gasteiger partial charge in [0.25, 0.3) is 5.91 Å². The standard InChI is InChI=1S/C25H42N2O5/c1-16-13-21-20(11-10-18(3)25(21,30)14-23(16)32-19(4)28)17(2)15-27-12-8-7-9-22(27)24(29)26(5)31-6/h13,17-18,20-23,30H,7-12,14-15H2,1-6H3/t17?,18-,20+,21-,22?,23-,25-/m1/s1. The molecule has 2 unspecified atom stereocenters. The van der Waals surface area contributed by atoms with Gasteiger partial charge in [0.2, 0.25) is 0 Å². The maximum Gasteiger partial charge on any atom is 0.303 e. The highest BCUT2D eigenvalue weighted by molar-refractivity contribution is 5.80. The van der Waals surface area contributed by atoms with Crippen LogP contribution in [0.4, 0.5) is 0 Å². The molecule has 3 aliphatic rings. The number of nitrogens with zero attached hydrogens (tertiary/aromatic N) is 2. The molecule has 0 aromatic carbocycles. The molecule has 1 saturated heterocycles. The van der Waals surface area contributed by atoms with Crippen LogP contribution in [-0.4, -0.2) is 71.9 Å². The molecular weight excluding hydrogens is 408 g/mol. The smallest absolute Gasteiger partial charge is 0.303 e. The Bertz CT molecular complexity index is 725. The first kappa shape index (κ1) is 25.2. The summed E-state index contributed by atoms with van der Waals surface area (Å²) < 4.78 is 5.53. The second-order valence-corrected chi connectivity index (χ2v) is 10.4. The first-order valence-electron chi connectivity index (χ1n) is 12.2. The number of carbonyl (C=O) groups is 2. The van der Waals surface area contributed by atoms with Crippen molar-refractivity contribution in [3.8, 4) is 0 Å². The lowest BCUT2D eigenvalue weighted by molar-refractivity contribution is -0.176. The van der Waals surface area contributed by atoms with Crippen molar-refractivity contribution >= 4 is 11.9 Å². The molecule has 0 aromatic heterocycles. The summed E-state index contributed by atoms with van der Waals surface area (Å²) in [6, 6.07) is -0.144. The van der Waals surface area contributed by atoms with E-state index in [0.717, 1.165) is 50.8 Å². The third kappa shape index (κ3) is 5.05. The minimum absolute atomic E-state index is 0.0193. The van der Waals surface area contributed by atoms with Crippen LogP contribution < -0.4 is 0 Å². The summed E-state index contributed by atoms with van der Waals surface area (Å²) >= 11 is 0. The molecule has 0 spiro atoms. The molecule has 2 aliphatic carbocycles. The van der Waals surface area contributed by atoms with Crippen LogP contribution in [-0.2, 0) is 19.2 Å². The predicted molar refractivity (Wildman–Crippen MR) is 122 cm³/mol. The Morgan fingerprint density at radius 3 is 2.69 bits per heavy atom. The van der Waals surface area contributed by atoms with Crippen molar-refractivity contribution in [1.82, 2.24) is 9.96 Å². The Kier molecular flexibility index (Phi) is 8.05. The third-order valence-electron chi connectivity index (χ3n) is 8.33. The van der Waals surface area contributed by atoms with Crippen molar-refractivity contribution in [2.75, 3.05) is 27.2 Å². The van der Waals surface area contributed by atoms with Crippen LogP contribution in [0.15, 0.2) is 11.6 Å². The van der Waals surface area contributed by atoms with E-state index in [1.165, 1.54) is 19.1 Å². The molecular formula is C25H42N2O5. The van der Waals surface area contributed by atoms with Gasteiger partial charge in [-0.15, -0.1) is 0 Å². The van der Waals surface area contributed by atoms with Crippen LogP contribution in [0, 0.1) is 23.7 Å². The maximum absolute atomic E-state index is 12.9. The van der Waals surface area contributed by atoms with Gasteiger partial charge in [0.1, 0.15) is 6.10 Å². The van der Waals surface area contributed by atoms with Gasteiger partial charge in [-0.25, -0.2) is 5.06 Å². The molecule has 7 heteroatoms. The zero-order chi connectivity index (χ0) is 23.6. The topological polar surface area (TPSA) is 79.3 Å². The number of carbonyl (C=O) groups excluding carboxylic acids is 2. The number of piperidine rings is 1. The van der Waals surface area contributed by atoms with E-state index in [-0.39, 0.29) is 35.9 Å². The normalized spacial score (nSPS) is 36.6. The summed E-state index contributed by atoms with van der Waals surface area (Å²) in [6.07, 6.45) is 7.32. The number of likely N-dealkylation sites (tertiary alicyclic amines) is 1. The van der Waals surface area contributed by atoms with Crippen LogP contribution in [0.5, 0.6) is 0 Å². The first-order chi connectivity index (χ1) is 15.1. The predicted octanol–water partition coefficient (Wildman–Crippen LogP) is 3.17. The van der Waals surface area contributed by atoms with Crippen molar-refractivity contribution in [3.05, 3.63) is 11.6 Å². The van der Waals surface area contributed by atoms with Crippen molar-refractivity contribution in [2.45, 2.75) is 84.0 Å². The number of ether oxygens (including phenoxy) is 1. The Labute approximate surface area is 193 Å². The van der Waals surface area contributed by atoms with Gasteiger partial charge in [-0.05, 0) is 62.5 Å². The minimum Gasteiger partial charge on any atom is -0.458 e. The molecule has 2 fully saturated rings. The number of aliphatic hydroxyl groups is 1. The highest BCUT2D eigenvalue weighted by Crippen LogP contribution is 2.51. The number of hydroxylamine groups is 2. The Morgan fingerprint density at radius 1 is 1.31 bits per heavy atom. The quantitative estimate of drug-likeness (QED) is 0.380. The van der Waals surface area contributed by atoms with Gasteiger partial charge in [-0.3, -0.25) is 19.3 Å². The molecule has 1 N–H and O–H groups in total. The summed E-state index contributed by atoms with van der Waals surface area (Å²) in [5.74, 6) is 0.550. The van der Waals surface area contributed by atoms with E-state index in [2.05, 4.69) is 24.8 Å². The minimum atomic E-state index is -0.871. The Morgan fingerprint density at radius 2 is 2.03 bits per heavy atom. The number of amides is 1. The van der Waals surface area contributed by atoms with E-state index in [4.69, 9.17) is 9.57 Å². The van der Waals surface area contributed by atoms with Gasteiger partial charge in [-0.1, -0.05) is 26.3 Å². The van der Waals surface area contributed by atoms with Crippen LogP contribution in [0.1, 0.15) is 66.2 Å². The average molecular weight is 451 g/mol. The van der Waals surface area contributed by atoms with Crippen molar-refractivity contribution in [3.63, 3.8) is 0 Å². The monoisotopic (exact) mass is 450 g/mol. The summed E-state index contributed by atoms with van der Waals surface area (Å²) in [5.41, 5.74) is 0.165. The maximum atomic E-state index is 12.9. The van der Waals surface area contributed by atoms with Crippen molar-refractivity contribution in [1.29, 1.82) is 0 Å². The van der Waals surface area contributed by atoms with Gasteiger partial charge in [0, 0.05) is 32.9 Å². The fourth-order valence-electron chi connectivity index (χ4n) is 6.29. The van der Waals surface area contributed by atoms with E-state index in [1.807, 2.05) is 6.92 Å². The number of esters is 1. The van der Waals surface area contributed by atoms with Gasteiger partial charge in [0.05, 0.1) is 18.8 Å². The van der Waals surface area contributed by atoms with Crippen LogP contribution >= 0.6 is 0 Å². The van der Waals surface area contributed by atoms with Crippen molar-refractivity contribution in [2.24, 2.45) is 23.7 Å². The first-order valence-corrected chi connectivity index (χ1v) is 12.2. The number of likely N-dealkylation sites (N-methyl/N-ethyl adjacent to an activating group) is 1. The number of rotatable bonds is 6. The summed E-state index contributed by atoms with van der Waals surface area (Å²) in [4.78, 5) is 31.9. The van der Waals surface area contributed by atoms with E-state index >= 15 is 0 Å². The summed E-state index contributed by atoms with van der Waals surface area (Å²) in [7, 11) is 3.20.